The first-order chi connectivity index (χ1) is 12.5. The van der Waals surface area contributed by atoms with Crippen LogP contribution in [0.2, 0.25) is 0 Å². The fourth-order valence-corrected chi connectivity index (χ4v) is 4.39. The van der Waals surface area contributed by atoms with E-state index in [-0.39, 0.29) is 18.3 Å². The van der Waals surface area contributed by atoms with Crippen LogP contribution in [0.5, 0.6) is 0 Å². The van der Waals surface area contributed by atoms with Gasteiger partial charge in [0, 0.05) is 22.0 Å². The second-order valence-corrected chi connectivity index (χ2v) is 7.52. The Labute approximate surface area is 157 Å². The molecule has 132 valence electrons. The molecule has 1 atom stereocenters. The molecule has 5 nitrogen and oxygen atoms in total. The molecule has 1 aliphatic rings. The van der Waals surface area contributed by atoms with E-state index < -0.39 is 12.1 Å². The van der Waals surface area contributed by atoms with Crippen molar-refractivity contribution in [3.05, 3.63) is 58.0 Å². The molecule has 8 heteroatoms. The first kappa shape index (κ1) is 16.9. The average Bonchev–Trinajstić information content (AvgIpc) is 3.35. The number of aromatic nitrogens is 1. The highest BCUT2D eigenvalue weighted by atomic mass is 32.1. The van der Waals surface area contributed by atoms with Crippen LogP contribution in [0.3, 0.4) is 0 Å². The number of halogens is 1. The Morgan fingerprint density at radius 2 is 1.92 bits per heavy atom. The van der Waals surface area contributed by atoms with Gasteiger partial charge in [0.05, 0.1) is 12.2 Å². The van der Waals surface area contributed by atoms with Crippen molar-refractivity contribution in [1.82, 2.24) is 9.88 Å². The number of imide groups is 1. The Bertz CT molecular complexity index is 953. The third-order valence-corrected chi connectivity index (χ3v) is 5.82. The van der Waals surface area contributed by atoms with Crippen molar-refractivity contribution >= 4 is 40.3 Å². The van der Waals surface area contributed by atoms with Gasteiger partial charge in [-0.3, -0.25) is 14.6 Å². The van der Waals surface area contributed by atoms with Gasteiger partial charge in [-0.05, 0) is 42.6 Å². The Kier molecular flexibility index (Phi) is 4.29. The summed E-state index contributed by atoms with van der Waals surface area (Å²) in [5.74, 6) is -0.677. The molecule has 26 heavy (non-hydrogen) atoms. The van der Waals surface area contributed by atoms with Gasteiger partial charge in [0.1, 0.15) is 16.9 Å². The summed E-state index contributed by atoms with van der Waals surface area (Å²) in [6, 6.07) is 6.47. The van der Waals surface area contributed by atoms with Crippen molar-refractivity contribution in [3.8, 4) is 10.6 Å². The van der Waals surface area contributed by atoms with E-state index in [0.717, 1.165) is 10.6 Å². The monoisotopic (exact) mass is 387 g/mol. The molecule has 0 radical (unpaired) electrons. The van der Waals surface area contributed by atoms with E-state index in [1.165, 1.54) is 45.4 Å². The van der Waals surface area contributed by atoms with Gasteiger partial charge >= 0.3 is 6.03 Å². The standard InChI is InChI=1S/C18H14FN3O2S2/c1-11-17(23)21(18(24)22(11)15-4-2-13(19)3-5-15)8-14-10-26-16(20-14)12-6-7-25-9-12/h2-7,9-11H,8H2,1H3. The van der Waals surface area contributed by atoms with Crippen LogP contribution in [0.15, 0.2) is 46.5 Å². The fraction of sp³-hybridized carbons (Fsp3) is 0.167. The maximum Gasteiger partial charge on any atom is 0.332 e. The minimum absolute atomic E-state index is 0.125. The number of urea groups is 1. The highest BCUT2D eigenvalue weighted by Gasteiger charge is 2.43. The fourth-order valence-electron chi connectivity index (χ4n) is 2.87. The number of rotatable bonds is 4. The van der Waals surface area contributed by atoms with Gasteiger partial charge in [-0.1, -0.05) is 0 Å². The van der Waals surface area contributed by atoms with E-state index in [1.54, 1.807) is 18.3 Å². The third kappa shape index (κ3) is 2.91. The lowest BCUT2D eigenvalue weighted by atomic mass is 10.2. The molecule has 0 bridgehead atoms. The van der Waals surface area contributed by atoms with Gasteiger partial charge in [-0.15, -0.1) is 11.3 Å². The zero-order valence-electron chi connectivity index (χ0n) is 13.8. The number of amides is 3. The van der Waals surface area contributed by atoms with Gasteiger partial charge in [0.2, 0.25) is 0 Å². The Morgan fingerprint density at radius 3 is 2.62 bits per heavy atom. The average molecular weight is 387 g/mol. The largest absolute Gasteiger partial charge is 0.332 e. The molecule has 1 fully saturated rings. The summed E-state index contributed by atoms with van der Waals surface area (Å²) in [4.78, 5) is 32.4. The molecule has 0 aliphatic carbocycles. The number of thiophene rings is 1. The molecule has 0 saturated carbocycles. The lowest BCUT2D eigenvalue weighted by Crippen LogP contribution is -2.33. The Hall–Kier alpha value is -2.58. The summed E-state index contributed by atoms with van der Waals surface area (Å²) in [5.41, 5.74) is 2.20. The maximum absolute atomic E-state index is 13.1. The molecular formula is C18H14FN3O2S2. The van der Waals surface area contributed by atoms with E-state index in [9.17, 15) is 14.0 Å². The van der Waals surface area contributed by atoms with Crippen molar-refractivity contribution in [1.29, 1.82) is 0 Å². The molecular weight excluding hydrogens is 373 g/mol. The number of nitrogens with zero attached hydrogens (tertiary/aromatic N) is 3. The molecule has 1 unspecified atom stereocenters. The molecule has 1 aromatic carbocycles. The molecule has 3 heterocycles. The minimum atomic E-state index is -0.636. The van der Waals surface area contributed by atoms with Crippen LogP contribution >= 0.6 is 22.7 Å². The number of thiazole rings is 1. The Morgan fingerprint density at radius 1 is 1.15 bits per heavy atom. The molecule has 0 spiro atoms. The van der Waals surface area contributed by atoms with E-state index in [1.807, 2.05) is 22.2 Å². The molecule has 3 aromatic rings. The second-order valence-electron chi connectivity index (χ2n) is 5.89. The van der Waals surface area contributed by atoms with Crippen molar-refractivity contribution in [2.45, 2.75) is 19.5 Å². The SMILES string of the molecule is CC1C(=O)N(Cc2csc(-c3ccsc3)n2)C(=O)N1c1ccc(F)cc1. The van der Waals surface area contributed by atoms with Crippen molar-refractivity contribution in [2.75, 3.05) is 4.90 Å². The molecule has 2 aromatic heterocycles. The van der Waals surface area contributed by atoms with Crippen LogP contribution in [0.1, 0.15) is 12.6 Å². The van der Waals surface area contributed by atoms with Crippen LogP contribution in [0.4, 0.5) is 14.9 Å². The number of hydrogen-bond donors (Lipinski definition) is 0. The van der Waals surface area contributed by atoms with Crippen LogP contribution in [0, 0.1) is 5.82 Å². The topological polar surface area (TPSA) is 53.5 Å². The van der Waals surface area contributed by atoms with E-state index in [2.05, 4.69) is 4.98 Å². The van der Waals surface area contributed by atoms with E-state index >= 15 is 0 Å². The lowest BCUT2D eigenvalue weighted by Gasteiger charge is -2.19. The van der Waals surface area contributed by atoms with Gasteiger partial charge in [-0.2, -0.15) is 11.3 Å². The van der Waals surface area contributed by atoms with Crippen molar-refractivity contribution in [2.24, 2.45) is 0 Å². The van der Waals surface area contributed by atoms with Gasteiger partial charge in [0.15, 0.2) is 0 Å². The molecule has 3 amide bonds. The smallest absolute Gasteiger partial charge is 0.282 e. The predicted molar refractivity (Wildman–Crippen MR) is 99.7 cm³/mol. The number of carbonyl (C=O) groups is 2. The summed E-state index contributed by atoms with van der Waals surface area (Å²) >= 11 is 3.07. The zero-order valence-corrected chi connectivity index (χ0v) is 15.4. The van der Waals surface area contributed by atoms with Crippen LogP contribution < -0.4 is 4.90 Å². The molecule has 1 aliphatic heterocycles. The van der Waals surface area contributed by atoms with Gasteiger partial charge in [-0.25, -0.2) is 14.2 Å². The summed E-state index contributed by atoms with van der Waals surface area (Å²) in [6.45, 7) is 1.79. The van der Waals surface area contributed by atoms with E-state index in [4.69, 9.17) is 0 Å². The summed E-state index contributed by atoms with van der Waals surface area (Å²) in [6.07, 6.45) is 0. The van der Waals surface area contributed by atoms with Gasteiger partial charge in [0.25, 0.3) is 5.91 Å². The number of benzene rings is 1. The number of hydrogen-bond acceptors (Lipinski definition) is 5. The quantitative estimate of drug-likeness (QED) is 0.625. The number of carbonyl (C=O) groups excluding carboxylic acids is 2. The van der Waals surface area contributed by atoms with Gasteiger partial charge < -0.3 is 0 Å². The van der Waals surface area contributed by atoms with Crippen LogP contribution in [-0.4, -0.2) is 27.9 Å². The molecule has 1 saturated heterocycles. The first-order valence-electron chi connectivity index (χ1n) is 7.91. The highest BCUT2D eigenvalue weighted by Crippen LogP contribution is 2.29. The van der Waals surface area contributed by atoms with E-state index in [0.29, 0.717) is 11.4 Å². The van der Waals surface area contributed by atoms with Crippen LogP contribution in [0.25, 0.3) is 10.6 Å². The summed E-state index contributed by atoms with van der Waals surface area (Å²) in [7, 11) is 0. The maximum atomic E-state index is 13.1. The Balaban J connectivity index is 1.56. The summed E-state index contributed by atoms with van der Waals surface area (Å²) in [5, 5.41) is 6.71. The van der Waals surface area contributed by atoms with Crippen LogP contribution in [-0.2, 0) is 11.3 Å². The highest BCUT2D eigenvalue weighted by molar-refractivity contribution is 7.14. The first-order valence-corrected chi connectivity index (χ1v) is 9.74. The van der Waals surface area contributed by atoms with Crippen molar-refractivity contribution < 1.29 is 14.0 Å². The minimum Gasteiger partial charge on any atom is -0.282 e. The lowest BCUT2D eigenvalue weighted by molar-refractivity contribution is -0.127. The normalized spacial score (nSPS) is 17.4. The zero-order chi connectivity index (χ0) is 18.3. The molecule has 0 N–H and O–H groups in total. The predicted octanol–water partition coefficient (Wildman–Crippen LogP) is 4.37. The van der Waals surface area contributed by atoms with Crippen molar-refractivity contribution in [3.63, 3.8) is 0 Å². The molecule has 4 rings (SSSR count). The summed E-state index contributed by atoms with van der Waals surface area (Å²) < 4.78 is 13.1. The second kappa shape index (κ2) is 6.62. The third-order valence-electron chi connectivity index (χ3n) is 4.19. The number of anilines is 1.